The van der Waals surface area contributed by atoms with E-state index in [0.717, 1.165) is 45.8 Å². The fourth-order valence-corrected chi connectivity index (χ4v) is 3.26. The van der Waals surface area contributed by atoms with Gasteiger partial charge in [-0.1, -0.05) is 11.6 Å². The minimum Gasteiger partial charge on any atom is -0.379 e. The van der Waals surface area contributed by atoms with Crippen molar-refractivity contribution in [3.8, 4) is 0 Å². The number of carbonyl (C=O) groups is 1. The zero-order chi connectivity index (χ0) is 18.0. The molecule has 7 nitrogen and oxygen atoms in total. The maximum absolute atomic E-state index is 12.2. The van der Waals surface area contributed by atoms with E-state index in [1.807, 2.05) is 0 Å². The standard InChI is InChI=1S/C19H29N5O2/c25-18(20-8-9-24-10-12-26-13-11-24)17-14-22-19(23-15-17)21-7-6-16-4-2-1-3-5-16/h4,14-15H,1-3,5-13H2,(H,20,25)(H,21,22,23). The van der Waals surface area contributed by atoms with Crippen molar-refractivity contribution in [1.29, 1.82) is 0 Å². The molecule has 0 bridgehead atoms. The van der Waals surface area contributed by atoms with Crippen LogP contribution in [0.2, 0.25) is 0 Å². The molecule has 0 saturated carbocycles. The van der Waals surface area contributed by atoms with Gasteiger partial charge in [-0.15, -0.1) is 0 Å². The number of nitrogens with zero attached hydrogens (tertiary/aromatic N) is 3. The molecule has 1 amide bonds. The molecule has 142 valence electrons. The molecule has 0 spiro atoms. The van der Waals surface area contributed by atoms with Gasteiger partial charge >= 0.3 is 0 Å². The molecule has 2 heterocycles. The Kier molecular flexibility index (Phi) is 7.39. The molecule has 1 aromatic rings. The van der Waals surface area contributed by atoms with E-state index in [9.17, 15) is 4.79 Å². The summed E-state index contributed by atoms with van der Waals surface area (Å²) in [5, 5.41) is 6.15. The van der Waals surface area contributed by atoms with Gasteiger partial charge in [-0.2, -0.15) is 0 Å². The second-order valence-electron chi connectivity index (χ2n) is 6.79. The van der Waals surface area contributed by atoms with Crippen molar-refractivity contribution < 1.29 is 9.53 Å². The predicted molar refractivity (Wildman–Crippen MR) is 101 cm³/mol. The number of nitrogens with one attached hydrogen (secondary N) is 2. The van der Waals surface area contributed by atoms with Crippen LogP contribution < -0.4 is 10.6 Å². The van der Waals surface area contributed by atoms with Crippen LogP contribution >= 0.6 is 0 Å². The highest BCUT2D eigenvalue weighted by molar-refractivity contribution is 5.93. The van der Waals surface area contributed by atoms with Gasteiger partial charge in [-0.25, -0.2) is 9.97 Å². The molecule has 0 radical (unpaired) electrons. The number of allylic oxidation sites excluding steroid dienone is 1. The Balaban J connectivity index is 1.36. The first kappa shape index (κ1) is 18.8. The second kappa shape index (κ2) is 10.2. The summed E-state index contributed by atoms with van der Waals surface area (Å²) in [6, 6.07) is 0. The monoisotopic (exact) mass is 359 g/mol. The zero-order valence-corrected chi connectivity index (χ0v) is 15.4. The molecule has 0 atom stereocenters. The van der Waals surface area contributed by atoms with Gasteiger partial charge in [0.25, 0.3) is 5.91 Å². The van der Waals surface area contributed by atoms with E-state index in [4.69, 9.17) is 4.74 Å². The van der Waals surface area contributed by atoms with Gasteiger partial charge in [0, 0.05) is 45.1 Å². The Hall–Kier alpha value is -1.99. The van der Waals surface area contributed by atoms with Crippen LogP contribution in [0.25, 0.3) is 0 Å². The van der Waals surface area contributed by atoms with Gasteiger partial charge < -0.3 is 15.4 Å². The largest absolute Gasteiger partial charge is 0.379 e. The molecular formula is C19H29N5O2. The molecule has 0 unspecified atom stereocenters. The predicted octanol–water partition coefficient (Wildman–Crippen LogP) is 1.84. The van der Waals surface area contributed by atoms with Gasteiger partial charge in [0.15, 0.2) is 0 Å². The summed E-state index contributed by atoms with van der Waals surface area (Å²) in [7, 11) is 0. The van der Waals surface area contributed by atoms with Crippen molar-refractivity contribution in [2.45, 2.75) is 32.1 Å². The van der Waals surface area contributed by atoms with Gasteiger partial charge in [0.1, 0.15) is 0 Å². The highest BCUT2D eigenvalue weighted by atomic mass is 16.5. The summed E-state index contributed by atoms with van der Waals surface area (Å²) >= 11 is 0. The normalized spacial score (nSPS) is 18.2. The number of hydrogen-bond donors (Lipinski definition) is 2. The van der Waals surface area contributed by atoms with E-state index >= 15 is 0 Å². The SMILES string of the molecule is O=C(NCCN1CCOCC1)c1cnc(NCCC2=CCCCC2)nc1. The molecule has 7 heteroatoms. The van der Waals surface area contributed by atoms with Gasteiger partial charge in [-0.05, 0) is 32.1 Å². The topological polar surface area (TPSA) is 79.4 Å². The van der Waals surface area contributed by atoms with Crippen molar-refractivity contribution >= 4 is 11.9 Å². The van der Waals surface area contributed by atoms with E-state index in [2.05, 4.69) is 31.6 Å². The van der Waals surface area contributed by atoms with E-state index in [0.29, 0.717) is 18.1 Å². The first-order valence-electron chi connectivity index (χ1n) is 9.63. The quantitative estimate of drug-likeness (QED) is 0.690. The maximum Gasteiger partial charge on any atom is 0.254 e. The van der Waals surface area contributed by atoms with E-state index in [-0.39, 0.29) is 5.91 Å². The smallest absolute Gasteiger partial charge is 0.254 e. The van der Waals surface area contributed by atoms with Gasteiger partial charge in [-0.3, -0.25) is 9.69 Å². The fourth-order valence-electron chi connectivity index (χ4n) is 3.26. The van der Waals surface area contributed by atoms with Crippen molar-refractivity contribution in [1.82, 2.24) is 20.2 Å². The molecule has 3 rings (SSSR count). The lowest BCUT2D eigenvalue weighted by atomic mass is 9.97. The zero-order valence-electron chi connectivity index (χ0n) is 15.4. The minimum atomic E-state index is -0.128. The molecule has 1 fully saturated rings. The number of rotatable bonds is 8. The molecule has 2 N–H and O–H groups in total. The summed E-state index contributed by atoms with van der Waals surface area (Å²) in [6.45, 7) is 5.68. The van der Waals surface area contributed by atoms with Crippen LogP contribution in [0.1, 0.15) is 42.5 Å². The van der Waals surface area contributed by atoms with Crippen molar-refractivity contribution in [2.75, 3.05) is 51.3 Å². The number of anilines is 1. The average Bonchev–Trinajstić information content (AvgIpc) is 2.70. The summed E-state index contributed by atoms with van der Waals surface area (Å²) in [6.07, 6.45) is 11.6. The molecule has 26 heavy (non-hydrogen) atoms. The molecule has 1 saturated heterocycles. The summed E-state index contributed by atoms with van der Waals surface area (Å²) < 4.78 is 5.32. The lowest BCUT2D eigenvalue weighted by molar-refractivity contribution is 0.0383. The molecule has 1 aromatic heterocycles. The van der Waals surface area contributed by atoms with E-state index in [1.54, 1.807) is 12.4 Å². The lowest BCUT2D eigenvalue weighted by Gasteiger charge is -2.26. The summed E-state index contributed by atoms with van der Waals surface area (Å²) in [5.74, 6) is 0.448. The van der Waals surface area contributed by atoms with Crippen molar-refractivity contribution in [3.05, 3.63) is 29.6 Å². The van der Waals surface area contributed by atoms with Crippen LogP contribution in [0, 0.1) is 0 Å². The van der Waals surface area contributed by atoms with E-state index < -0.39 is 0 Å². The van der Waals surface area contributed by atoms with Crippen LogP contribution in [0.4, 0.5) is 5.95 Å². The van der Waals surface area contributed by atoms with Crippen molar-refractivity contribution in [2.24, 2.45) is 0 Å². The summed E-state index contributed by atoms with van der Waals surface area (Å²) in [5.41, 5.74) is 2.02. The lowest BCUT2D eigenvalue weighted by Crippen LogP contribution is -2.41. The van der Waals surface area contributed by atoms with Crippen LogP contribution in [-0.2, 0) is 4.74 Å². The molecule has 0 aromatic carbocycles. The van der Waals surface area contributed by atoms with Crippen molar-refractivity contribution in [3.63, 3.8) is 0 Å². The van der Waals surface area contributed by atoms with Crippen LogP contribution in [0.3, 0.4) is 0 Å². The highest BCUT2D eigenvalue weighted by Crippen LogP contribution is 2.19. The number of carbonyl (C=O) groups excluding carboxylic acids is 1. The first-order chi connectivity index (χ1) is 12.8. The molecule has 2 aliphatic rings. The third kappa shape index (κ3) is 6.07. The minimum absolute atomic E-state index is 0.128. The maximum atomic E-state index is 12.2. The Bertz CT molecular complexity index is 596. The highest BCUT2D eigenvalue weighted by Gasteiger charge is 2.11. The van der Waals surface area contributed by atoms with Gasteiger partial charge in [0.2, 0.25) is 5.95 Å². The Morgan fingerprint density at radius 2 is 1.96 bits per heavy atom. The third-order valence-corrected chi connectivity index (χ3v) is 4.85. The number of hydrogen-bond acceptors (Lipinski definition) is 6. The Morgan fingerprint density at radius 3 is 2.69 bits per heavy atom. The number of aromatic nitrogens is 2. The fraction of sp³-hybridized carbons (Fsp3) is 0.632. The third-order valence-electron chi connectivity index (χ3n) is 4.85. The number of amides is 1. The average molecular weight is 359 g/mol. The summed E-state index contributed by atoms with van der Waals surface area (Å²) in [4.78, 5) is 22.9. The Labute approximate surface area is 155 Å². The molecule has 1 aliphatic carbocycles. The second-order valence-corrected chi connectivity index (χ2v) is 6.79. The Morgan fingerprint density at radius 1 is 1.15 bits per heavy atom. The molecular weight excluding hydrogens is 330 g/mol. The van der Waals surface area contributed by atoms with E-state index in [1.165, 1.54) is 31.3 Å². The molecule has 1 aliphatic heterocycles. The number of morpholine rings is 1. The number of ether oxygens (including phenoxy) is 1. The van der Waals surface area contributed by atoms with Crippen LogP contribution in [0.5, 0.6) is 0 Å². The van der Waals surface area contributed by atoms with Crippen LogP contribution in [-0.4, -0.2) is 66.7 Å². The van der Waals surface area contributed by atoms with Crippen LogP contribution in [0.15, 0.2) is 24.0 Å². The van der Waals surface area contributed by atoms with Gasteiger partial charge in [0.05, 0.1) is 18.8 Å². The first-order valence-corrected chi connectivity index (χ1v) is 9.63.